The lowest BCUT2D eigenvalue weighted by atomic mass is 10.1. The van der Waals surface area contributed by atoms with E-state index < -0.39 is 0 Å². The van der Waals surface area contributed by atoms with Crippen molar-refractivity contribution in [1.29, 1.82) is 0 Å². The van der Waals surface area contributed by atoms with E-state index in [0.717, 1.165) is 17.3 Å². The number of aliphatic imine (C=N–C) groups is 1. The van der Waals surface area contributed by atoms with Gasteiger partial charge in [-0.05, 0) is 37.1 Å². The number of methoxy groups -OCH3 is 1. The number of para-hydroxylation sites is 1. The van der Waals surface area contributed by atoms with E-state index in [9.17, 15) is 0 Å². The van der Waals surface area contributed by atoms with Crippen molar-refractivity contribution in [3.63, 3.8) is 0 Å². The van der Waals surface area contributed by atoms with E-state index >= 15 is 0 Å². The Labute approximate surface area is 156 Å². The highest BCUT2D eigenvalue weighted by Gasteiger charge is 2.16. The summed E-state index contributed by atoms with van der Waals surface area (Å²) in [6.45, 7) is 6.01. The van der Waals surface area contributed by atoms with Gasteiger partial charge < -0.3 is 20.1 Å². The molecule has 2 rings (SSSR count). The smallest absolute Gasteiger partial charge is 0.191 e. The SMILES string of the molecule is CN=C(NCc1ccc(COc2ccccc2)cc1)NCC(C)(C)OC. The van der Waals surface area contributed by atoms with E-state index in [1.54, 1.807) is 14.2 Å². The maximum absolute atomic E-state index is 5.77. The average Bonchev–Trinajstić information content (AvgIpc) is 2.68. The largest absolute Gasteiger partial charge is 0.489 e. The van der Waals surface area contributed by atoms with E-state index in [-0.39, 0.29) is 5.60 Å². The van der Waals surface area contributed by atoms with Crippen LogP contribution in [-0.4, -0.2) is 32.3 Å². The molecule has 0 saturated heterocycles. The van der Waals surface area contributed by atoms with Crippen molar-refractivity contribution >= 4 is 5.96 Å². The topological polar surface area (TPSA) is 54.9 Å². The Bertz CT molecular complexity index is 682. The van der Waals surface area contributed by atoms with Crippen LogP contribution >= 0.6 is 0 Å². The molecule has 5 heteroatoms. The Balaban J connectivity index is 1.79. The molecule has 0 unspecified atom stereocenters. The second kappa shape index (κ2) is 9.82. The van der Waals surface area contributed by atoms with E-state index in [4.69, 9.17) is 9.47 Å². The number of nitrogens with one attached hydrogen (secondary N) is 2. The van der Waals surface area contributed by atoms with Gasteiger partial charge in [0.25, 0.3) is 0 Å². The Morgan fingerprint density at radius 3 is 2.23 bits per heavy atom. The summed E-state index contributed by atoms with van der Waals surface area (Å²) in [5.41, 5.74) is 2.09. The molecule has 0 aliphatic rings. The fourth-order valence-corrected chi connectivity index (χ4v) is 2.21. The van der Waals surface area contributed by atoms with E-state index in [1.165, 1.54) is 5.56 Å². The van der Waals surface area contributed by atoms with Gasteiger partial charge in [-0.3, -0.25) is 4.99 Å². The van der Waals surface area contributed by atoms with Gasteiger partial charge in [0.05, 0.1) is 5.60 Å². The second-order valence-electron chi connectivity index (χ2n) is 6.66. The van der Waals surface area contributed by atoms with Crippen LogP contribution in [0.2, 0.25) is 0 Å². The highest BCUT2D eigenvalue weighted by Crippen LogP contribution is 2.12. The normalized spacial score (nSPS) is 11.9. The predicted octanol–water partition coefficient (Wildman–Crippen LogP) is 3.36. The summed E-state index contributed by atoms with van der Waals surface area (Å²) in [5, 5.41) is 6.59. The Morgan fingerprint density at radius 2 is 1.62 bits per heavy atom. The molecule has 0 bridgehead atoms. The molecule has 2 aromatic rings. The highest BCUT2D eigenvalue weighted by atomic mass is 16.5. The molecular formula is C21H29N3O2. The summed E-state index contributed by atoms with van der Waals surface area (Å²) >= 11 is 0. The van der Waals surface area contributed by atoms with Crippen molar-refractivity contribution in [3.05, 3.63) is 65.7 Å². The van der Waals surface area contributed by atoms with Gasteiger partial charge in [-0.15, -0.1) is 0 Å². The lowest BCUT2D eigenvalue weighted by Crippen LogP contribution is -2.45. The fraction of sp³-hybridized carbons (Fsp3) is 0.381. The summed E-state index contributed by atoms with van der Waals surface area (Å²) in [4.78, 5) is 4.24. The van der Waals surface area contributed by atoms with Crippen molar-refractivity contribution in [2.75, 3.05) is 20.7 Å². The van der Waals surface area contributed by atoms with Crippen LogP contribution < -0.4 is 15.4 Å². The number of nitrogens with zero attached hydrogens (tertiary/aromatic N) is 1. The third kappa shape index (κ3) is 6.76. The predicted molar refractivity (Wildman–Crippen MR) is 107 cm³/mol. The van der Waals surface area contributed by atoms with E-state index in [2.05, 4.69) is 39.9 Å². The fourth-order valence-electron chi connectivity index (χ4n) is 2.21. The molecule has 0 radical (unpaired) electrons. The minimum atomic E-state index is -0.238. The first-order valence-electron chi connectivity index (χ1n) is 8.78. The number of hydrogen-bond acceptors (Lipinski definition) is 3. The number of rotatable bonds is 8. The number of guanidine groups is 1. The summed E-state index contributed by atoms with van der Waals surface area (Å²) in [7, 11) is 3.47. The van der Waals surface area contributed by atoms with Gasteiger partial charge in [0.1, 0.15) is 12.4 Å². The third-order valence-corrected chi connectivity index (χ3v) is 4.09. The van der Waals surface area contributed by atoms with Gasteiger partial charge >= 0.3 is 0 Å². The Kier molecular flexibility index (Phi) is 7.48. The van der Waals surface area contributed by atoms with Crippen molar-refractivity contribution in [3.8, 4) is 5.75 Å². The highest BCUT2D eigenvalue weighted by molar-refractivity contribution is 5.79. The van der Waals surface area contributed by atoms with E-state index in [1.807, 2.05) is 44.2 Å². The standard InChI is InChI=1S/C21H29N3O2/c1-21(2,25-4)16-24-20(22-3)23-14-17-10-12-18(13-11-17)15-26-19-8-6-5-7-9-19/h5-13H,14-16H2,1-4H3,(H2,22,23,24). The zero-order valence-corrected chi connectivity index (χ0v) is 16.1. The van der Waals surface area contributed by atoms with Crippen LogP contribution in [0.5, 0.6) is 5.75 Å². The summed E-state index contributed by atoms with van der Waals surface area (Å²) in [5.74, 6) is 1.64. The molecule has 0 spiro atoms. The van der Waals surface area contributed by atoms with Crippen LogP contribution in [0.3, 0.4) is 0 Å². The molecule has 0 aliphatic heterocycles. The lowest BCUT2D eigenvalue weighted by Gasteiger charge is -2.24. The molecule has 140 valence electrons. The lowest BCUT2D eigenvalue weighted by molar-refractivity contribution is 0.0268. The molecule has 2 N–H and O–H groups in total. The summed E-state index contributed by atoms with van der Waals surface area (Å²) in [6, 6.07) is 18.2. The second-order valence-corrected chi connectivity index (χ2v) is 6.66. The first kappa shape index (κ1) is 19.8. The molecule has 2 aromatic carbocycles. The van der Waals surface area contributed by atoms with Crippen LogP contribution in [0.1, 0.15) is 25.0 Å². The molecule has 0 heterocycles. The van der Waals surface area contributed by atoms with Crippen LogP contribution in [0.15, 0.2) is 59.6 Å². The molecule has 0 aliphatic carbocycles. The van der Waals surface area contributed by atoms with Crippen molar-refractivity contribution in [1.82, 2.24) is 10.6 Å². The van der Waals surface area contributed by atoms with Crippen LogP contribution in [-0.2, 0) is 17.9 Å². The summed E-state index contributed by atoms with van der Waals surface area (Å²) in [6.07, 6.45) is 0. The van der Waals surface area contributed by atoms with E-state index in [0.29, 0.717) is 19.7 Å². The number of hydrogen-bond donors (Lipinski definition) is 2. The maximum Gasteiger partial charge on any atom is 0.191 e. The first-order chi connectivity index (χ1) is 12.5. The van der Waals surface area contributed by atoms with Crippen molar-refractivity contribution in [2.24, 2.45) is 4.99 Å². The molecule has 0 atom stereocenters. The number of ether oxygens (including phenoxy) is 2. The Hall–Kier alpha value is -2.53. The molecule has 0 fully saturated rings. The van der Waals surface area contributed by atoms with Gasteiger partial charge in [0.2, 0.25) is 0 Å². The van der Waals surface area contributed by atoms with Crippen molar-refractivity contribution in [2.45, 2.75) is 32.6 Å². The monoisotopic (exact) mass is 355 g/mol. The van der Waals surface area contributed by atoms with Gasteiger partial charge in [-0.1, -0.05) is 42.5 Å². The quantitative estimate of drug-likeness (QED) is 0.563. The minimum Gasteiger partial charge on any atom is -0.489 e. The molecule has 5 nitrogen and oxygen atoms in total. The molecular weight excluding hydrogens is 326 g/mol. The van der Waals surface area contributed by atoms with Crippen LogP contribution in [0.4, 0.5) is 0 Å². The first-order valence-corrected chi connectivity index (χ1v) is 8.78. The zero-order valence-electron chi connectivity index (χ0n) is 16.1. The van der Waals surface area contributed by atoms with Crippen LogP contribution in [0, 0.1) is 0 Å². The molecule has 26 heavy (non-hydrogen) atoms. The molecule has 0 aromatic heterocycles. The van der Waals surface area contributed by atoms with Gasteiger partial charge in [0, 0.05) is 27.2 Å². The molecule has 0 amide bonds. The van der Waals surface area contributed by atoms with Gasteiger partial charge in [-0.2, -0.15) is 0 Å². The van der Waals surface area contributed by atoms with Crippen LogP contribution in [0.25, 0.3) is 0 Å². The number of benzene rings is 2. The zero-order chi connectivity index (χ0) is 18.8. The van der Waals surface area contributed by atoms with Crippen molar-refractivity contribution < 1.29 is 9.47 Å². The minimum absolute atomic E-state index is 0.238. The third-order valence-electron chi connectivity index (χ3n) is 4.09. The Morgan fingerprint density at radius 1 is 0.962 bits per heavy atom. The molecule has 0 saturated carbocycles. The average molecular weight is 355 g/mol. The van der Waals surface area contributed by atoms with Gasteiger partial charge in [0.15, 0.2) is 5.96 Å². The van der Waals surface area contributed by atoms with Gasteiger partial charge in [-0.25, -0.2) is 0 Å². The summed E-state index contributed by atoms with van der Waals surface area (Å²) < 4.78 is 11.2. The maximum atomic E-state index is 5.77.